The van der Waals surface area contributed by atoms with Gasteiger partial charge in [-0.25, -0.2) is 4.99 Å². The van der Waals surface area contributed by atoms with Gasteiger partial charge < -0.3 is 10.6 Å². The second kappa shape index (κ2) is 6.61. The van der Waals surface area contributed by atoms with Gasteiger partial charge in [0, 0.05) is 13.1 Å². The van der Waals surface area contributed by atoms with Gasteiger partial charge in [-0.2, -0.15) is 0 Å². The van der Waals surface area contributed by atoms with Gasteiger partial charge in [-0.15, -0.1) is 0 Å². The van der Waals surface area contributed by atoms with E-state index in [9.17, 15) is 0 Å². The summed E-state index contributed by atoms with van der Waals surface area (Å²) in [5.41, 5.74) is 1.27. The molecule has 3 nitrogen and oxygen atoms in total. The third-order valence-electron chi connectivity index (χ3n) is 3.89. The van der Waals surface area contributed by atoms with Crippen molar-refractivity contribution in [2.24, 2.45) is 10.9 Å². The van der Waals surface area contributed by atoms with Crippen LogP contribution in [0.3, 0.4) is 0 Å². The number of aliphatic imine (C=N–C) groups is 1. The average Bonchev–Trinajstić information content (AvgIpc) is 3.34. The van der Waals surface area contributed by atoms with E-state index in [0.29, 0.717) is 6.54 Å². The Kier molecular flexibility index (Phi) is 4.39. The Hall–Kier alpha value is -2.03. The first kappa shape index (κ1) is 13.9. The molecule has 0 spiro atoms. The van der Waals surface area contributed by atoms with Crippen LogP contribution in [0.25, 0.3) is 10.8 Å². The zero-order chi connectivity index (χ0) is 14.5. The Morgan fingerprint density at radius 2 is 1.90 bits per heavy atom. The molecule has 0 aromatic heterocycles. The first-order valence-electron chi connectivity index (χ1n) is 7.85. The zero-order valence-electron chi connectivity index (χ0n) is 12.6. The third-order valence-corrected chi connectivity index (χ3v) is 3.89. The topological polar surface area (TPSA) is 36.4 Å². The monoisotopic (exact) mass is 281 g/mol. The van der Waals surface area contributed by atoms with Crippen LogP contribution in [0.5, 0.6) is 0 Å². The molecule has 0 aliphatic heterocycles. The molecule has 110 valence electrons. The number of nitrogens with one attached hydrogen (secondary N) is 2. The molecule has 3 heteroatoms. The van der Waals surface area contributed by atoms with E-state index in [1.54, 1.807) is 0 Å². The maximum atomic E-state index is 4.73. The quantitative estimate of drug-likeness (QED) is 0.651. The molecule has 2 aromatic rings. The molecule has 0 radical (unpaired) electrons. The minimum absolute atomic E-state index is 0.710. The fourth-order valence-corrected chi connectivity index (χ4v) is 2.50. The van der Waals surface area contributed by atoms with E-state index in [2.05, 4.69) is 60.0 Å². The van der Waals surface area contributed by atoms with Crippen molar-refractivity contribution in [1.29, 1.82) is 0 Å². The fourth-order valence-electron chi connectivity index (χ4n) is 2.50. The maximum absolute atomic E-state index is 4.73. The van der Waals surface area contributed by atoms with Gasteiger partial charge in [-0.3, -0.25) is 0 Å². The summed E-state index contributed by atoms with van der Waals surface area (Å²) in [4.78, 5) is 4.73. The van der Waals surface area contributed by atoms with Crippen molar-refractivity contribution in [2.45, 2.75) is 26.3 Å². The van der Waals surface area contributed by atoms with Crippen molar-refractivity contribution in [2.75, 3.05) is 13.1 Å². The van der Waals surface area contributed by atoms with E-state index in [1.807, 2.05) is 0 Å². The van der Waals surface area contributed by atoms with Crippen LogP contribution in [-0.4, -0.2) is 19.0 Å². The first-order chi connectivity index (χ1) is 10.4. The highest BCUT2D eigenvalue weighted by Gasteiger charge is 2.20. The number of benzene rings is 2. The highest BCUT2D eigenvalue weighted by Crippen LogP contribution is 2.27. The first-order valence-corrected chi connectivity index (χ1v) is 7.85. The smallest absolute Gasteiger partial charge is 0.191 e. The Labute approximate surface area is 126 Å². The van der Waals surface area contributed by atoms with Crippen LogP contribution in [-0.2, 0) is 6.54 Å². The number of guanidine groups is 1. The molecule has 0 saturated heterocycles. The summed E-state index contributed by atoms with van der Waals surface area (Å²) in [6, 6.07) is 14.9. The molecule has 21 heavy (non-hydrogen) atoms. The second-order valence-electron chi connectivity index (χ2n) is 5.66. The van der Waals surface area contributed by atoms with Crippen LogP contribution in [0.4, 0.5) is 0 Å². The maximum Gasteiger partial charge on any atom is 0.191 e. The normalized spacial score (nSPS) is 15.2. The summed E-state index contributed by atoms with van der Waals surface area (Å²) >= 11 is 0. The molecule has 1 fully saturated rings. The second-order valence-corrected chi connectivity index (χ2v) is 5.66. The van der Waals surface area contributed by atoms with Crippen molar-refractivity contribution in [3.05, 3.63) is 48.0 Å². The highest BCUT2D eigenvalue weighted by molar-refractivity contribution is 5.86. The van der Waals surface area contributed by atoms with Gasteiger partial charge in [0.15, 0.2) is 5.96 Å². The lowest BCUT2D eigenvalue weighted by Crippen LogP contribution is -2.38. The summed E-state index contributed by atoms with van der Waals surface area (Å²) in [7, 11) is 0. The van der Waals surface area contributed by atoms with E-state index in [1.165, 1.54) is 29.2 Å². The van der Waals surface area contributed by atoms with E-state index in [0.717, 1.165) is 25.0 Å². The van der Waals surface area contributed by atoms with E-state index in [-0.39, 0.29) is 0 Å². The summed E-state index contributed by atoms with van der Waals surface area (Å²) in [6.07, 6.45) is 2.71. The van der Waals surface area contributed by atoms with Crippen LogP contribution < -0.4 is 10.6 Å². The van der Waals surface area contributed by atoms with Crippen molar-refractivity contribution in [3.63, 3.8) is 0 Å². The van der Waals surface area contributed by atoms with Gasteiger partial charge in [0.25, 0.3) is 0 Å². The lowest BCUT2D eigenvalue weighted by molar-refractivity contribution is 0.739. The van der Waals surface area contributed by atoms with E-state index >= 15 is 0 Å². The predicted molar refractivity (Wildman–Crippen MR) is 89.5 cm³/mol. The average molecular weight is 281 g/mol. The molecule has 3 rings (SSSR count). The standard InChI is InChI=1S/C18H23N3/c1-2-19-18(20-12-14-10-11-14)21-13-16-8-5-7-15-6-3-4-9-17(15)16/h3-9,14H,2,10-13H2,1H3,(H2,19,20,21). The number of hydrogen-bond acceptors (Lipinski definition) is 1. The van der Waals surface area contributed by atoms with E-state index < -0.39 is 0 Å². The van der Waals surface area contributed by atoms with Crippen molar-refractivity contribution < 1.29 is 0 Å². The Balaban J connectivity index is 1.73. The number of hydrogen-bond donors (Lipinski definition) is 2. The lowest BCUT2D eigenvalue weighted by atomic mass is 10.1. The van der Waals surface area contributed by atoms with Crippen molar-refractivity contribution in [3.8, 4) is 0 Å². The Morgan fingerprint density at radius 1 is 1.10 bits per heavy atom. The SMILES string of the molecule is CCNC(=NCc1cccc2ccccc12)NCC1CC1. The molecule has 0 heterocycles. The third kappa shape index (κ3) is 3.75. The van der Waals surface area contributed by atoms with Gasteiger partial charge in [0.05, 0.1) is 6.54 Å². The van der Waals surface area contributed by atoms with Gasteiger partial charge in [0.2, 0.25) is 0 Å². The van der Waals surface area contributed by atoms with Crippen LogP contribution >= 0.6 is 0 Å². The summed E-state index contributed by atoms with van der Waals surface area (Å²) in [6.45, 7) is 4.75. The van der Waals surface area contributed by atoms with Crippen LogP contribution in [0, 0.1) is 5.92 Å². The largest absolute Gasteiger partial charge is 0.357 e. The van der Waals surface area contributed by atoms with Gasteiger partial charge in [0.1, 0.15) is 0 Å². The zero-order valence-corrected chi connectivity index (χ0v) is 12.6. The number of nitrogens with zero attached hydrogens (tertiary/aromatic N) is 1. The highest BCUT2D eigenvalue weighted by atomic mass is 15.2. The molecule has 0 unspecified atom stereocenters. The van der Waals surface area contributed by atoms with Gasteiger partial charge >= 0.3 is 0 Å². The van der Waals surface area contributed by atoms with Crippen LogP contribution in [0.2, 0.25) is 0 Å². The lowest BCUT2D eigenvalue weighted by Gasteiger charge is -2.11. The molecule has 2 aromatic carbocycles. The van der Waals surface area contributed by atoms with E-state index in [4.69, 9.17) is 4.99 Å². The molecule has 0 atom stereocenters. The van der Waals surface area contributed by atoms with Crippen LogP contribution in [0.1, 0.15) is 25.3 Å². The Bertz CT molecular complexity index is 624. The molecule has 1 aliphatic rings. The van der Waals surface area contributed by atoms with Gasteiger partial charge in [-0.1, -0.05) is 42.5 Å². The number of fused-ring (bicyclic) bond motifs is 1. The number of rotatable bonds is 5. The summed E-state index contributed by atoms with van der Waals surface area (Å²) < 4.78 is 0. The summed E-state index contributed by atoms with van der Waals surface area (Å²) in [5.74, 6) is 1.78. The minimum Gasteiger partial charge on any atom is -0.357 e. The predicted octanol–water partition coefficient (Wildman–Crippen LogP) is 3.30. The molecular weight excluding hydrogens is 258 g/mol. The molecule has 0 amide bonds. The minimum atomic E-state index is 0.710. The summed E-state index contributed by atoms with van der Waals surface area (Å²) in [5, 5.41) is 9.33. The molecule has 0 bridgehead atoms. The Morgan fingerprint density at radius 3 is 2.71 bits per heavy atom. The molecule has 2 N–H and O–H groups in total. The fraction of sp³-hybridized carbons (Fsp3) is 0.389. The van der Waals surface area contributed by atoms with Crippen molar-refractivity contribution in [1.82, 2.24) is 10.6 Å². The molecule has 1 aliphatic carbocycles. The molecular formula is C18H23N3. The van der Waals surface area contributed by atoms with Gasteiger partial charge in [-0.05, 0) is 42.0 Å². The van der Waals surface area contributed by atoms with Crippen molar-refractivity contribution >= 4 is 16.7 Å². The van der Waals surface area contributed by atoms with Crippen LogP contribution in [0.15, 0.2) is 47.5 Å². The molecule has 1 saturated carbocycles.